The normalized spacial score (nSPS) is 38.8. The van der Waals surface area contributed by atoms with Crippen molar-refractivity contribution in [1.82, 2.24) is 0 Å². The number of ketones is 2. The number of aliphatic hydroxyl groups excluding tert-OH is 1. The van der Waals surface area contributed by atoms with Crippen molar-refractivity contribution in [1.29, 1.82) is 0 Å². The van der Waals surface area contributed by atoms with Gasteiger partial charge in [-0.05, 0) is 80.1 Å². The number of hydrogen-bond donors (Lipinski definition) is 1. The minimum Gasteiger partial charge on any atom is -0.393 e. The molecule has 9 atom stereocenters. The Morgan fingerprint density at radius 3 is 2.51 bits per heavy atom. The lowest BCUT2D eigenvalue weighted by atomic mass is 9.48. The zero-order chi connectivity index (χ0) is 27.4. The molecule has 0 spiro atoms. The number of Topliss-reactive ketones (excluding diaryl/α,β-unsaturated/α-hetero) is 2. The summed E-state index contributed by atoms with van der Waals surface area (Å²) < 4.78 is 4.73. The molecule has 37 heavy (non-hydrogen) atoms. The minimum atomic E-state index is -0.656. The highest BCUT2D eigenvalue weighted by Gasteiger charge is 2.61. The second kappa shape index (κ2) is 9.91. The van der Waals surface area contributed by atoms with Crippen LogP contribution in [0.2, 0.25) is 0 Å². The summed E-state index contributed by atoms with van der Waals surface area (Å²) in [6, 6.07) is 0. The fraction of sp³-hybridized carbons (Fsp3) is 0.742. The van der Waals surface area contributed by atoms with Gasteiger partial charge in [0.1, 0.15) is 5.78 Å². The van der Waals surface area contributed by atoms with E-state index < -0.39 is 24.0 Å². The number of carbonyl (C=O) groups is 4. The summed E-state index contributed by atoms with van der Waals surface area (Å²) in [5.74, 6) is -0.564. The van der Waals surface area contributed by atoms with E-state index in [2.05, 4.69) is 27.4 Å². The summed E-state index contributed by atoms with van der Waals surface area (Å²) in [7, 11) is 0. The summed E-state index contributed by atoms with van der Waals surface area (Å²) in [6.45, 7) is 15.6. The van der Waals surface area contributed by atoms with Crippen molar-refractivity contribution in [2.75, 3.05) is 0 Å². The highest BCUT2D eigenvalue weighted by Crippen LogP contribution is 2.65. The first-order valence-electron chi connectivity index (χ1n) is 14.1. The SMILES string of the molecule is C=C(CC[C@@H](C)C1CC[C@H]2C3=C(C(=O)C[C@]12C)[C@@]1(C)CCC(=O)[C@@H](C)[C@@H]1CC3O)[C@H](C)C(=O)OC(C)=O. The Morgan fingerprint density at radius 2 is 1.86 bits per heavy atom. The molecule has 0 heterocycles. The van der Waals surface area contributed by atoms with Gasteiger partial charge in [0.15, 0.2) is 5.78 Å². The predicted octanol–water partition coefficient (Wildman–Crippen LogP) is 5.37. The third-order valence-corrected chi connectivity index (χ3v) is 10.9. The summed E-state index contributed by atoms with van der Waals surface area (Å²) in [5, 5.41) is 11.4. The molecule has 4 aliphatic carbocycles. The molecule has 204 valence electrons. The molecule has 4 rings (SSSR count). The molecule has 2 saturated carbocycles. The van der Waals surface area contributed by atoms with Crippen molar-refractivity contribution < 1.29 is 29.0 Å². The third-order valence-electron chi connectivity index (χ3n) is 10.9. The quantitative estimate of drug-likeness (QED) is 0.292. The fourth-order valence-electron chi connectivity index (χ4n) is 8.72. The standard InChI is InChI=1S/C31H44O6/c1-16(18(3)29(36)37-20(5)32)8-9-17(2)21-10-11-22-27-25(34)14-23-19(4)24(33)12-13-30(23,6)28(27)26(35)15-31(21,22)7/h17-19,21-23,25,34H,1,8-15H2,2-7H3/t17-,18+,19+,21?,22+,23+,25?,30+,31-/m1/s1. The van der Waals surface area contributed by atoms with E-state index in [4.69, 9.17) is 4.74 Å². The van der Waals surface area contributed by atoms with Crippen LogP contribution in [0.25, 0.3) is 0 Å². The number of carbonyl (C=O) groups excluding carboxylic acids is 4. The highest BCUT2D eigenvalue weighted by molar-refractivity contribution is 6.00. The van der Waals surface area contributed by atoms with Gasteiger partial charge in [0.25, 0.3) is 0 Å². The summed E-state index contributed by atoms with van der Waals surface area (Å²) in [5.41, 5.74) is 2.06. The zero-order valence-electron chi connectivity index (χ0n) is 23.4. The van der Waals surface area contributed by atoms with E-state index in [1.807, 2.05) is 6.92 Å². The van der Waals surface area contributed by atoms with Gasteiger partial charge < -0.3 is 9.84 Å². The van der Waals surface area contributed by atoms with E-state index in [1.54, 1.807) is 6.92 Å². The molecule has 6 nitrogen and oxygen atoms in total. The molecule has 0 amide bonds. The number of esters is 2. The Balaban J connectivity index is 1.53. The number of fused-ring (bicyclic) bond motifs is 4. The van der Waals surface area contributed by atoms with Crippen LogP contribution in [-0.2, 0) is 23.9 Å². The predicted molar refractivity (Wildman–Crippen MR) is 140 cm³/mol. The Kier molecular flexibility index (Phi) is 7.48. The van der Waals surface area contributed by atoms with Crippen molar-refractivity contribution in [2.24, 2.45) is 46.3 Å². The van der Waals surface area contributed by atoms with Crippen molar-refractivity contribution >= 4 is 23.5 Å². The highest BCUT2D eigenvalue weighted by atomic mass is 16.6. The number of allylic oxidation sites excluding steroid dienone is 1. The number of rotatable bonds is 6. The Hall–Kier alpha value is -2.08. The molecule has 0 aromatic heterocycles. The smallest absolute Gasteiger partial charge is 0.320 e. The number of ether oxygens (including phenoxy) is 1. The van der Waals surface area contributed by atoms with Gasteiger partial charge in [0.05, 0.1) is 12.0 Å². The molecule has 0 aromatic carbocycles. The van der Waals surface area contributed by atoms with Gasteiger partial charge in [-0.25, -0.2) is 0 Å². The van der Waals surface area contributed by atoms with Crippen LogP contribution in [0.1, 0.15) is 92.9 Å². The van der Waals surface area contributed by atoms with Gasteiger partial charge >= 0.3 is 11.9 Å². The average Bonchev–Trinajstić information content (AvgIpc) is 3.16. The van der Waals surface area contributed by atoms with E-state index in [9.17, 15) is 24.3 Å². The van der Waals surface area contributed by atoms with E-state index in [0.717, 1.165) is 36.0 Å². The van der Waals surface area contributed by atoms with E-state index in [-0.39, 0.29) is 40.2 Å². The van der Waals surface area contributed by atoms with E-state index >= 15 is 0 Å². The van der Waals surface area contributed by atoms with E-state index in [0.29, 0.717) is 43.9 Å². The van der Waals surface area contributed by atoms with Gasteiger partial charge in [-0.3, -0.25) is 19.2 Å². The van der Waals surface area contributed by atoms with Crippen LogP contribution < -0.4 is 0 Å². The first-order valence-corrected chi connectivity index (χ1v) is 14.1. The van der Waals surface area contributed by atoms with Crippen molar-refractivity contribution in [3.63, 3.8) is 0 Å². The molecule has 0 radical (unpaired) electrons. The van der Waals surface area contributed by atoms with Crippen LogP contribution in [-0.4, -0.2) is 34.7 Å². The minimum absolute atomic E-state index is 0.0228. The van der Waals surface area contributed by atoms with Gasteiger partial charge in [0, 0.05) is 36.7 Å². The van der Waals surface area contributed by atoms with Crippen molar-refractivity contribution in [2.45, 2.75) is 99.0 Å². The summed E-state index contributed by atoms with van der Waals surface area (Å²) >= 11 is 0. The zero-order valence-corrected chi connectivity index (χ0v) is 23.4. The fourth-order valence-corrected chi connectivity index (χ4v) is 8.72. The largest absolute Gasteiger partial charge is 0.393 e. The molecule has 0 bridgehead atoms. The van der Waals surface area contributed by atoms with Crippen LogP contribution in [0.15, 0.2) is 23.3 Å². The third kappa shape index (κ3) is 4.57. The van der Waals surface area contributed by atoms with Crippen molar-refractivity contribution in [3.05, 3.63) is 23.3 Å². The van der Waals surface area contributed by atoms with Gasteiger partial charge in [0.2, 0.25) is 0 Å². The molecule has 2 fully saturated rings. The first kappa shape index (κ1) is 27.9. The Morgan fingerprint density at radius 1 is 1.19 bits per heavy atom. The maximum Gasteiger partial charge on any atom is 0.320 e. The van der Waals surface area contributed by atoms with Gasteiger partial charge in [-0.15, -0.1) is 0 Å². The van der Waals surface area contributed by atoms with E-state index in [1.165, 1.54) is 6.92 Å². The van der Waals surface area contributed by atoms with Crippen LogP contribution in [0.4, 0.5) is 0 Å². The number of aliphatic hydroxyl groups is 1. The van der Waals surface area contributed by atoms with Crippen LogP contribution in [0, 0.1) is 46.3 Å². The van der Waals surface area contributed by atoms with Crippen molar-refractivity contribution in [3.8, 4) is 0 Å². The lowest BCUT2D eigenvalue weighted by Gasteiger charge is -2.55. The maximum absolute atomic E-state index is 13.9. The molecule has 6 heteroatoms. The average molecular weight is 513 g/mol. The molecule has 0 aromatic rings. The van der Waals surface area contributed by atoms with Gasteiger partial charge in [-0.2, -0.15) is 0 Å². The molecule has 1 N–H and O–H groups in total. The lowest BCUT2D eigenvalue weighted by Crippen LogP contribution is -2.54. The van der Waals surface area contributed by atoms with Crippen LogP contribution in [0.5, 0.6) is 0 Å². The molecule has 2 unspecified atom stereocenters. The van der Waals surface area contributed by atoms with Crippen LogP contribution >= 0.6 is 0 Å². The molecule has 0 saturated heterocycles. The molecular weight excluding hydrogens is 468 g/mol. The van der Waals surface area contributed by atoms with Gasteiger partial charge in [-0.1, -0.05) is 39.8 Å². The Labute approximate surface area is 221 Å². The Bertz CT molecular complexity index is 1050. The second-order valence-electron chi connectivity index (χ2n) is 13.0. The first-order chi connectivity index (χ1) is 17.2. The second-order valence-corrected chi connectivity index (χ2v) is 13.0. The topological polar surface area (TPSA) is 97.7 Å². The molecule has 0 aliphatic heterocycles. The summed E-state index contributed by atoms with van der Waals surface area (Å²) in [4.78, 5) is 49.7. The maximum atomic E-state index is 13.9. The number of hydrogen-bond acceptors (Lipinski definition) is 6. The van der Waals surface area contributed by atoms with Crippen LogP contribution in [0.3, 0.4) is 0 Å². The molecular formula is C31H44O6. The lowest BCUT2D eigenvalue weighted by molar-refractivity contribution is -0.160. The monoisotopic (exact) mass is 512 g/mol. The summed E-state index contributed by atoms with van der Waals surface area (Å²) in [6.07, 6.45) is 5.08. The molecule has 4 aliphatic rings.